The van der Waals surface area contributed by atoms with Gasteiger partial charge >= 0.3 is 0 Å². The highest BCUT2D eigenvalue weighted by molar-refractivity contribution is 6.35. The van der Waals surface area contributed by atoms with Gasteiger partial charge in [0.1, 0.15) is 6.61 Å². The third-order valence-corrected chi connectivity index (χ3v) is 5.61. The van der Waals surface area contributed by atoms with Crippen LogP contribution in [0.15, 0.2) is 30.3 Å². The molecule has 3 rings (SSSR count). The quantitative estimate of drug-likeness (QED) is 0.579. The highest BCUT2D eigenvalue weighted by Crippen LogP contribution is 2.35. The summed E-state index contributed by atoms with van der Waals surface area (Å²) in [6.07, 6.45) is 5.07. The van der Waals surface area contributed by atoms with Gasteiger partial charge in [0.05, 0.1) is 7.11 Å². The Morgan fingerprint density at radius 2 is 1.69 bits per heavy atom. The molecule has 26 heavy (non-hydrogen) atoms. The zero-order chi connectivity index (χ0) is 18.5. The van der Waals surface area contributed by atoms with Crippen LogP contribution in [0.1, 0.15) is 36.8 Å². The van der Waals surface area contributed by atoms with Crippen LogP contribution in [-0.4, -0.2) is 13.2 Å². The summed E-state index contributed by atoms with van der Waals surface area (Å²) in [4.78, 5) is 0. The molecular weight excluding hydrogens is 393 g/mol. The van der Waals surface area contributed by atoms with Gasteiger partial charge < -0.3 is 14.8 Å². The van der Waals surface area contributed by atoms with Crippen molar-refractivity contribution in [1.29, 1.82) is 0 Å². The third kappa shape index (κ3) is 4.98. The lowest BCUT2D eigenvalue weighted by atomic mass is 10.1. The van der Waals surface area contributed by atoms with Crippen LogP contribution in [0.3, 0.4) is 0 Å². The second-order valence-electron chi connectivity index (χ2n) is 6.48. The molecule has 1 aliphatic rings. The molecule has 0 bridgehead atoms. The van der Waals surface area contributed by atoms with E-state index in [1.165, 1.54) is 25.7 Å². The van der Waals surface area contributed by atoms with E-state index >= 15 is 0 Å². The maximum absolute atomic E-state index is 6.46. The molecule has 1 N–H and O–H groups in total. The van der Waals surface area contributed by atoms with E-state index in [9.17, 15) is 0 Å². The fraction of sp³-hybridized carbons (Fsp3) is 0.400. The molecule has 2 aromatic rings. The number of methoxy groups -OCH3 is 1. The molecule has 0 aliphatic heterocycles. The summed E-state index contributed by atoms with van der Waals surface area (Å²) in [5.41, 5.74) is 1.86. The van der Waals surface area contributed by atoms with E-state index in [1.807, 2.05) is 12.1 Å². The maximum Gasteiger partial charge on any atom is 0.163 e. The topological polar surface area (TPSA) is 30.5 Å². The number of nitrogens with one attached hydrogen (secondary N) is 1. The first-order valence-corrected chi connectivity index (χ1v) is 9.86. The van der Waals surface area contributed by atoms with Gasteiger partial charge in [-0.15, -0.1) is 0 Å². The van der Waals surface area contributed by atoms with E-state index < -0.39 is 0 Å². The minimum atomic E-state index is 0.308. The van der Waals surface area contributed by atoms with Crippen LogP contribution in [0.2, 0.25) is 15.1 Å². The zero-order valence-electron chi connectivity index (χ0n) is 14.7. The van der Waals surface area contributed by atoms with Crippen molar-refractivity contribution in [1.82, 2.24) is 5.32 Å². The second-order valence-corrected chi connectivity index (χ2v) is 7.73. The van der Waals surface area contributed by atoms with E-state index in [2.05, 4.69) is 5.32 Å². The van der Waals surface area contributed by atoms with Gasteiger partial charge in [0.15, 0.2) is 11.5 Å². The number of halogens is 3. The molecule has 140 valence electrons. The summed E-state index contributed by atoms with van der Waals surface area (Å²) in [6, 6.07) is 9.65. The fourth-order valence-corrected chi connectivity index (χ4v) is 3.85. The minimum Gasteiger partial charge on any atom is -0.493 e. The van der Waals surface area contributed by atoms with E-state index in [0.717, 1.165) is 17.7 Å². The molecule has 0 spiro atoms. The Kier molecular flexibility index (Phi) is 6.93. The smallest absolute Gasteiger partial charge is 0.163 e. The molecule has 0 unspecified atom stereocenters. The average Bonchev–Trinajstić information content (AvgIpc) is 3.13. The summed E-state index contributed by atoms with van der Waals surface area (Å²) in [5.74, 6) is 1.25. The molecule has 3 nitrogen and oxygen atoms in total. The number of rotatable bonds is 7. The van der Waals surface area contributed by atoms with Crippen molar-refractivity contribution in [3.63, 3.8) is 0 Å². The normalized spacial score (nSPS) is 14.6. The molecule has 1 aliphatic carbocycles. The molecule has 0 saturated heterocycles. The Hall–Kier alpha value is -1.13. The highest BCUT2D eigenvalue weighted by Gasteiger charge is 2.16. The van der Waals surface area contributed by atoms with E-state index in [4.69, 9.17) is 44.3 Å². The second kappa shape index (κ2) is 9.18. The summed E-state index contributed by atoms with van der Waals surface area (Å²) in [7, 11) is 1.62. The Balaban J connectivity index is 1.69. The van der Waals surface area contributed by atoms with Crippen molar-refractivity contribution in [2.24, 2.45) is 0 Å². The summed E-state index contributed by atoms with van der Waals surface area (Å²) >= 11 is 18.6. The lowest BCUT2D eigenvalue weighted by molar-refractivity contribution is 0.284. The van der Waals surface area contributed by atoms with Crippen LogP contribution in [0.4, 0.5) is 0 Å². The molecule has 1 fully saturated rings. The first-order chi connectivity index (χ1) is 12.6. The zero-order valence-corrected chi connectivity index (χ0v) is 16.9. The van der Waals surface area contributed by atoms with Gasteiger partial charge in [-0.1, -0.05) is 53.7 Å². The molecule has 0 heterocycles. The lowest BCUT2D eigenvalue weighted by Gasteiger charge is -2.16. The number of benzene rings is 2. The largest absolute Gasteiger partial charge is 0.493 e. The Bertz CT molecular complexity index is 761. The summed E-state index contributed by atoms with van der Waals surface area (Å²) in [6.45, 7) is 1.03. The maximum atomic E-state index is 6.46. The third-order valence-electron chi connectivity index (χ3n) is 4.67. The highest BCUT2D eigenvalue weighted by atomic mass is 35.5. The van der Waals surface area contributed by atoms with Gasteiger partial charge in [-0.25, -0.2) is 0 Å². The van der Waals surface area contributed by atoms with E-state index in [0.29, 0.717) is 39.2 Å². The van der Waals surface area contributed by atoms with Crippen LogP contribution in [0, 0.1) is 0 Å². The van der Waals surface area contributed by atoms with Crippen molar-refractivity contribution in [3.8, 4) is 11.5 Å². The molecule has 2 aromatic carbocycles. The number of hydrogen-bond acceptors (Lipinski definition) is 3. The van der Waals surface area contributed by atoms with Crippen LogP contribution in [0.5, 0.6) is 11.5 Å². The minimum absolute atomic E-state index is 0.308. The molecule has 0 atom stereocenters. The van der Waals surface area contributed by atoms with Gasteiger partial charge in [0.25, 0.3) is 0 Å². The molecule has 0 aromatic heterocycles. The summed E-state index contributed by atoms with van der Waals surface area (Å²) in [5, 5.41) is 5.40. The molecule has 6 heteroatoms. The van der Waals surface area contributed by atoms with Gasteiger partial charge in [0.2, 0.25) is 0 Å². The summed E-state index contributed by atoms with van der Waals surface area (Å²) < 4.78 is 11.4. The van der Waals surface area contributed by atoms with Crippen molar-refractivity contribution in [2.45, 2.75) is 44.9 Å². The molecule has 1 saturated carbocycles. The lowest BCUT2D eigenvalue weighted by Crippen LogP contribution is -2.25. The van der Waals surface area contributed by atoms with Gasteiger partial charge in [-0.05, 0) is 36.6 Å². The van der Waals surface area contributed by atoms with Gasteiger partial charge in [-0.2, -0.15) is 0 Å². The predicted molar refractivity (Wildman–Crippen MR) is 108 cm³/mol. The van der Waals surface area contributed by atoms with Gasteiger partial charge in [0, 0.05) is 39.3 Å². The SMILES string of the molecule is COc1cc(CNC2CCCC2)c(Cl)cc1OCc1ccc(Cl)cc1Cl. The number of ether oxygens (including phenoxy) is 2. The monoisotopic (exact) mass is 413 g/mol. The number of hydrogen-bond donors (Lipinski definition) is 1. The fourth-order valence-electron chi connectivity index (χ4n) is 3.16. The standard InChI is InChI=1S/C20H22Cl3NO2/c1-25-19-8-14(11-24-16-4-2-3-5-16)18(23)10-20(19)26-12-13-6-7-15(21)9-17(13)22/h6-10,16,24H,2-5,11-12H2,1H3. The molecular formula is C20H22Cl3NO2. The van der Waals surface area contributed by atoms with Crippen LogP contribution in [0.25, 0.3) is 0 Å². The van der Waals surface area contributed by atoms with Crippen molar-refractivity contribution < 1.29 is 9.47 Å². The average molecular weight is 415 g/mol. The van der Waals surface area contributed by atoms with Gasteiger partial charge in [-0.3, -0.25) is 0 Å². The van der Waals surface area contributed by atoms with Crippen molar-refractivity contribution in [2.75, 3.05) is 7.11 Å². The van der Waals surface area contributed by atoms with Crippen LogP contribution in [-0.2, 0) is 13.2 Å². The van der Waals surface area contributed by atoms with E-state index in [-0.39, 0.29) is 0 Å². The Morgan fingerprint density at radius 1 is 0.962 bits per heavy atom. The van der Waals surface area contributed by atoms with E-state index in [1.54, 1.807) is 25.3 Å². The van der Waals surface area contributed by atoms with Crippen LogP contribution >= 0.6 is 34.8 Å². The van der Waals surface area contributed by atoms with Crippen molar-refractivity contribution >= 4 is 34.8 Å². The first kappa shape index (κ1) is 19.6. The molecule has 0 radical (unpaired) electrons. The molecule has 0 amide bonds. The Morgan fingerprint density at radius 3 is 2.38 bits per heavy atom. The first-order valence-electron chi connectivity index (χ1n) is 8.73. The van der Waals surface area contributed by atoms with Crippen LogP contribution < -0.4 is 14.8 Å². The van der Waals surface area contributed by atoms with Crippen molar-refractivity contribution in [3.05, 3.63) is 56.5 Å². The Labute approximate surface area is 169 Å². The predicted octanol–water partition coefficient (Wildman–Crippen LogP) is 6.27.